The summed E-state index contributed by atoms with van der Waals surface area (Å²) in [6.45, 7) is 36.6. The van der Waals surface area contributed by atoms with Crippen LogP contribution in [0.15, 0.2) is 0 Å². The van der Waals surface area contributed by atoms with Crippen LogP contribution < -0.4 is 0 Å². The van der Waals surface area contributed by atoms with Gasteiger partial charge in [0.25, 0.3) is 0 Å². The van der Waals surface area contributed by atoms with Gasteiger partial charge in [-0.3, -0.25) is 28.8 Å². The maximum Gasteiger partial charge on any atom is 0.306 e. The molecule has 14 nitrogen and oxygen atoms in total. The molecule has 1 N–H and O–H groups in total. The fourth-order valence-electron chi connectivity index (χ4n) is 14.5. The highest BCUT2D eigenvalue weighted by atomic mass is 28.4. The lowest BCUT2D eigenvalue weighted by atomic mass is 9.90. The number of hydrogen-bond acceptors (Lipinski definition) is 14. The Morgan fingerprint density at radius 1 is 0.248 bits per heavy atom. The Kier molecular flexibility index (Phi) is 70.8. The van der Waals surface area contributed by atoms with E-state index in [9.17, 15) is 33.9 Å². The van der Waals surface area contributed by atoms with Gasteiger partial charge in [0.2, 0.25) is 0 Å². The van der Waals surface area contributed by atoms with Crippen LogP contribution in [-0.4, -0.2) is 102 Å². The molecule has 646 valence electrons. The molecule has 0 saturated carbocycles. The van der Waals surface area contributed by atoms with Crippen molar-refractivity contribution in [3.05, 3.63) is 0 Å². The molecule has 0 aromatic rings. The van der Waals surface area contributed by atoms with Crippen LogP contribution in [0.3, 0.4) is 0 Å². The number of rotatable bonds is 76. The van der Waals surface area contributed by atoms with Crippen molar-refractivity contribution >= 4 is 44.1 Å². The molecule has 0 aromatic heterocycles. The van der Waals surface area contributed by atoms with Crippen molar-refractivity contribution < 1.29 is 66.7 Å². The SMILES string of the molecule is CCCCCC(CCCCC)CC(=O)OCC(CO)(COC(=O)CC(CCCCC)CCCCC)COC(=O)CC(CCCCC)CCCCC.CCCCCC(CCCCC)CC(=O)OCC(COC(=O)CC(CCCCC)CCCCC)(COC(=O)CC(CCCCC)CCCCC)CO[Si](C)(C)C(C)(C)C. The van der Waals surface area contributed by atoms with E-state index < -0.39 is 25.8 Å². The van der Waals surface area contributed by atoms with Gasteiger partial charge in [0, 0.05) is 45.1 Å². The highest BCUT2D eigenvalue weighted by Gasteiger charge is 2.44. The summed E-state index contributed by atoms with van der Waals surface area (Å²) in [5, 5.41) is 10.7. The van der Waals surface area contributed by atoms with Crippen LogP contribution in [0.2, 0.25) is 18.1 Å². The average molecular weight is 1560 g/mol. The third kappa shape index (κ3) is 60.2. The molecular weight excluding hydrogens is 1380 g/mol. The van der Waals surface area contributed by atoms with Crippen molar-refractivity contribution in [1.82, 2.24) is 0 Å². The van der Waals surface area contributed by atoms with Crippen LogP contribution in [0.5, 0.6) is 0 Å². The fraction of sp³-hybridized carbons (Fsp3) is 0.936. The molecule has 0 heterocycles. The van der Waals surface area contributed by atoms with Crippen molar-refractivity contribution in [3.63, 3.8) is 0 Å². The number of hydrogen-bond donors (Lipinski definition) is 1. The predicted octanol–water partition coefficient (Wildman–Crippen LogP) is 27.2. The van der Waals surface area contributed by atoms with Gasteiger partial charge in [0.15, 0.2) is 8.32 Å². The molecule has 0 atom stereocenters. The van der Waals surface area contributed by atoms with E-state index in [1.54, 1.807) is 0 Å². The highest BCUT2D eigenvalue weighted by molar-refractivity contribution is 6.74. The van der Waals surface area contributed by atoms with E-state index in [0.29, 0.717) is 38.5 Å². The van der Waals surface area contributed by atoms with Crippen molar-refractivity contribution in [1.29, 1.82) is 0 Å². The zero-order chi connectivity index (χ0) is 81.7. The lowest BCUT2D eigenvalue weighted by Crippen LogP contribution is -2.49. The van der Waals surface area contributed by atoms with Gasteiger partial charge in [-0.2, -0.15) is 0 Å². The van der Waals surface area contributed by atoms with Gasteiger partial charge < -0.3 is 38.0 Å². The first-order valence-corrected chi connectivity index (χ1v) is 49.4. The summed E-state index contributed by atoms with van der Waals surface area (Å²) in [5.41, 5.74) is -2.23. The van der Waals surface area contributed by atoms with Gasteiger partial charge in [0.1, 0.15) is 39.6 Å². The lowest BCUT2D eigenvalue weighted by Gasteiger charge is -2.40. The number of unbranched alkanes of at least 4 members (excludes halogenated alkanes) is 24. The van der Waals surface area contributed by atoms with E-state index in [-0.39, 0.29) is 123 Å². The summed E-state index contributed by atoms with van der Waals surface area (Å²) in [6, 6.07) is 0. The molecule has 0 rings (SSSR count). The van der Waals surface area contributed by atoms with Gasteiger partial charge in [-0.05, 0) is 131 Å². The Labute approximate surface area is 675 Å². The minimum atomic E-state index is -2.30. The Morgan fingerprint density at radius 2 is 0.394 bits per heavy atom. The molecule has 0 radical (unpaired) electrons. The minimum Gasteiger partial charge on any atom is -0.465 e. The number of carbonyl (C=O) groups is 6. The third-order valence-electron chi connectivity index (χ3n) is 23.4. The smallest absolute Gasteiger partial charge is 0.306 e. The third-order valence-corrected chi connectivity index (χ3v) is 27.9. The molecular formula is C94H182O14Si. The second-order valence-corrected chi connectivity index (χ2v) is 40.4. The summed E-state index contributed by atoms with van der Waals surface area (Å²) in [5.74, 6) is 0.0605. The van der Waals surface area contributed by atoms with Crippen LogP contribution >= 0.6 is 0 Å². The van der Waals surface area contributed by atoms with E-state index in [1.165, 1.54) is 38.5 Å². The molecule has 0 saturated heterocycles. The fourth-order valence-corrected chi connectivity index (χ4v) is 15.6. The molecule has 109 heavy (non-hydrogen) atoms. The molecule has 0 amide bonds. The normalized spacial score (nSPS) is 12.2. The van der Waals surface area contributed by atoms with Crippen LogP contribution in [0.1, 0.15) is 451 Å². The Balaban J connectivity index is 0. The average Bonchev–Trinajstić information content (AvgIpc) is 0.821. The summed E-state index contributed by atoms with van der Waals surface area (Å²) >= 11 is 0. The lowest BCUT2D eigenvalue weighted by molar-refractivity contribution is -0.169. The van der Waals surface area contributed by atoms with E-state index in [1.807, 2.05) is 0 Å². The maximum atomic E-state index is 13.7. The standard InChI is InChI=1S/C50H98O7Si.C44H84O7/c1-12-18-24-30-43(31-25-19-13-2)36-46(51)54-39-50(42-57-58(10,11)49(7,8)9,40-55-47(52)37-44(32-26-20-14-3)33-27-21-15-4)41-56-48(53)38-45(34-28-22-16-5)35-29-23-17-6;1-7-13-19-25-38(26-20-14-8-2)31-41(46)49-35-44(34-45,36-50-42(47)32-39(27-21-15-9-3)28-22-16-10-4)37-51-43(48)33-40(29-23-17-11-5)30-24-18-12-6/h43-45H,12-42H2,1-11H3;38-40,45H,7-37H2,1-6H3. The molecule has 0 aromatic carbocycles. The summed E-state index contributed by atoms with van der Waals surface area (Å²) in [4.78, 5) is 80.9. The molecule has 15 heteroatoms. The summed E-state index contributed by atoms with van der Waals surface area (Å²) in [7, 11) is -2.30. The van der Waals surface area contributed by atoms with Crippen LogP contribution in [-0.2, 0) is 61.6 Å². The zero-order valence-electron chi connectivity index (χ0n) is 75.1. The van der Waals surface area contributed by atoms with E-state index >= 15 is 0 Å². The summed E-state index contributed by atoms with van der Waals surface area (Å²) in [6.07, 6.45) is 55.2. The number of esters is 6. The second-order valence-electron chi connectivity index (χ2n) is 35.5. The molecule has 0 aliphatic heterocycles. The van der Waals surface area contributed by atoms with Gasteiger partial charge >= 0.3 is 35.8 Å². The second kappa shape index (κ2) is 71.5. The van der Waals surface area contributed by atoms with E-state index in [4.69, 9.17) is 32.8 Å². The van der Waals surface area contributed by atoms with Crippen molar-refractivity contribution in [2.24, 2.45) is 46.3 Å². The number of aliphatic hydroxyl groups excluding tert-OH is 1. The Bertz CT molecular complexity index is 1880. The first-order valence-electron chi connectivity index (χ1n) is 46.5. The van der Waals surface area contributed by atoms with Gasteiger partial charge in [-0.15, -0.1) is 0 Å². The topological polar surface area (TPSA) is 187 Å². The quantitative estimate of drug-likeness (QED) is 0.0262. The van der Waals surface area contributed by atoms with Crippen molar-refractivity contribution in [3.8, 4) is 0 Å². The predicted molar refractivity (Wildman–Crippen MR) is 459 cm³/mol. The first-order chi connectivity index (χ1) is 52.3. The Hall–Kier alpha value is -3.04. The monoisotopic (exact) mass is 1560 g/mol. The van der Waals surface area contributed by atoms with Gasteiger partial charge in [-0.1, -0.05) is 335 Å². The molecule has 0 aliphatic carbocycles. The van der Waals surface area contributed by atoms with Crippen molar-refractivity contribution in [2.75, 3.05) is 52.9 Å². The van der Waals surface area contributed by atoms with Crippen molar-refractivity contribution in [2.45, 2.75) is 469 Å². The maximum absolute atomic E-state index is 13.7. The highest BCUT2D eigenvalue weighted by Crippen LogP contribution is 2.39. The molecule has 0 bridgehead atoms. The zero-order valence-corrected chi connectivity index (χ0v) is 76.1. The number of aliphatic hydroxyl groups is 1. The molecule has 0 aliphatic rings. The van der Waals surface area contributed by atoms with Gasteiger partial charge in [0.05, 0.1) is 17.4 Å². The van der Waals surface area contributed by atoms with E-state index in [2.05, 4.69) is 117 Å². The molecule has 0 unspecified atom stereocenters. The molecule has 0 fully saturated rings. The minimum absolute atomic E-state index is 0.0233. The Morgan fingerprint density at radius 3 is 0.523 bits per heavy atom. The largest absolute Gasteiger partial charge is 0.465 e. The molecule has 0 spiro atoms. The van der Waals surface area contributed by atoms with Crippen LogP contribution in [0, 0.1) is 46.3 Å². The van der Waals surface area contributed by atoms with E-state index in [0.717, 1.165) is 270 Å². The van der Waals surface area contributed by atoms with Crippen LogP contribution in [0.25, 0.3) is 0 Å². The van der Waals surface area contributed by atoms with Crippen LogP contribution in [0.4, 0.5) is 0 Å². The van der Waals surface area contributed by atoms with Gasteiger partial charge in [-0.25, -0.2) is 0 Å². The first kappa shape index (κ1) is 108. The number of ether oxygens (including phenoxy) is 6. The number of carbonyl (C=O) groups excluding carboxylic acids is 6. The summed E-state index contributed by atoms with van der Waals surface area (Å²) < 4.78 is 43.0.